The summed E-state index contributed by atoms with van der Waals surface area (Å²) in [6.45, 7) is 1.66. The Labute approximate surface area is 121 Å². The maximum Gasteiger partial charge on any atom is 0.161 e. The van der Waals surface area contributed by atoms with Crippen molar-refractivity contribution < 1.29 is 23.4 Å². The highest BCUT2D eigenvalue weighted by atomic mass is 19.1. The molecule has 2 aromatic rings. The highest BCUT2D eigenvalue weighted by molar-refractivity contribution is 5.43. The number of rotatable bonds is 5. The summed E-state index contributed by atoms with van der Waals surface area (Å²) < 4.78 is 36.9. The van der Waals surface area contributed by atoms with E-state index in [2.05, 4.69) is 0 Å². The van der Waals surface area contributed by atoms with Crippen molar-refractivity contribution in [3.63, 3.8) is 0 Å². The molecular weight excluding hydrogens is 278 g/mol. The van der Waals surface area contributed by atoms with Gasteiger partial charge in [-0.3, -0.25) is 0 Å². The lowest BCUT2D eigenvalue weighted by Crippen LogP contribution is -2.00. The van der Waals surface area contributed by atoms with Crippen molar-refractivity contribution in [1.29, 1.82) is 0 Å². The van der Waals surface area contributed by atoms with Gasteiger partial charge in [-0.05, 0) is 42.3 Å². The minimum Gasteiger partial charge on any atom is -0.493 e. The van der Waals surface area contributed by atoms with E-state index in [9.17, 15) is 13.9 Å². The Morgan fingerprint density at radius 1 is 1.05 bits per heavy atom. The molecule has 0 amide bonds. The summed E-state index contributed by atoms with van der Waals surface area (Å²) in [5.41, 5.74) is 1.07. The molecule has 1 N–H and O–H groups in total. The largest absolute Gasteiger partial charge is 0.493 e. The lowest BCUT2D eigenvalue weighted by atomic mass is 10.1. The zero-order valence-electron chi connectivity index (χ0n) is 11.8. The van der Waals surface area contributed by atoms with Gasteiger partial charge in [0.25, 0.3) is 0 Å². The van der Waals surface area contributed by atoms with Gasteiger partial charge in [0.15, 0.2) is 11.5 Å². The van der Waals surface area contributed by atoms with Gasteiger partial charge in [0.05, 0.1) is 13.2 Å². The van der Waals surface area contributed by atoms with E-state index in [1.165, 1.54) is 19.2 Å². The van der Waals surface area contributed by atoms with Crippen molar-refractivity contribution >= 4 is 0 Å². The molecule has 21 heavy (non-hydrogen) atoms. The average Bonchev–Trinajstić information content (AvgIpc) is 2.43. The van der Waals surface area contributed by atoms with Gasteiger partial charge in [-0.1, -0.05) is 6.07 Å². The summed E-state index contributed by atoms with van der Waals surface area (Å²) in [6, 6.07) is 8.23. The van der Waals surface area contributed by atoms with Gasteiger partial charge in [-0.2, -0.15) is 0 Å². The molecule has 0 spiro atoms. The molecule has 0 saturated heterocycles. The highest BCUT2D eigenvalue weighted by Crippen LogP contribution is 2.30. The first kappa shape index (κ1) is 15.3. The van der Waals surface area contributed by atoms with Crippen LogP contribution in [0.25, 0.3) is 0 Å². The van der Waals surface area contributed by atoms with Crippen molar-refractivity contribution in [2.75, 3.05) is 7.11 Å². The van der Waals surface area contributed by atoms with E-state index in [0.29, 0.717) is 22.6 Å². The van der Waals surface area contributed by atoms with Gasteiger partial charge in [0.2, 0.25) is 0 Å². The van der Waals surface area contributed by atoms with Crippen LogP contribution in [0.15, 0.2) is 36.4 Å². The number of methoxy groups -OCH3 is 1. The van der Waals surface area contributed by atoms with Crippen LogP contribution in [0.3, 0.4) is 0 Å². The topological polar surface area (TPSA) is 38.7 Å². The molecule has 0 aromatic heterocycles. The first-order valence-electron chi connectivity index (χ1n) is 6.43. The Morgan fingerprint density at radius 2 is 1.71 bits per heavy atom. The van der Waals surface area contributed by atoms with E-state index in [-0.39, 0.29) is 6.61 Å². The third-order valence-electron chi connectivity index (χ3n) is 2.99. The average molecular weight is 294 g/mol. The number of hydrogen-bond acceptors (Lipinski definition) is 3. The van der Waals surface area contributed by atoms with Crippen LogP contribution in [0.2, 0.25) is 0 Å². The first-order valence-corrected chi connectivity index (χ1v) is 6.43. The second-order valence-electron chi connectivity index (χ2n) is 4.65. The molecule has 2 aromatic carbocycles. The van der Waals surface area contributed by atoms with E-state index >= 15 is 0 Å². The van der Waals surface area contributed by atoms with Gasteiger partial charge >= 0.3 is 0 Å². The fourth-order valence-electron chi connectivity index (χ4n) is 1.92. The minimum absolute atomic E-state index is 0.0130. The molecule has 0 saturated carbocycles. The SMILES string of the molecule is COc1cc([C@@H](C)O)ccc1OCc1cc(F)cc(F)c1. The van der Waals surface area contributed by atoms with E-state index in [1.807, 2.05) is 0 Å². The molecular formula is C16H16F2O3. The second kappa shape index (κ2) is 6.54. The number of ether oxygens (including phenoxy) is 2. The van der Waals surface area contributed by atoms with Gasteiger partial charge in [-0.25, -0.2) is 8.78 Å². The van der Waals surface area contributed by atoms with Crippen molar-refractivity contribution in [1.82, 2.24) is 0 Å². The molecule has 112 valence electrons. The van der Waals surface area contributed by atoms with E-state index < -0.39 is 17.7 Å². The molecule has 0 bridgehead atoms. The predicted molar refractivity (Wildman–Crippen MR) is 74.3 cm³/mol. The summed E-state index contributed by atoms with van der Waals surface area (Å²) >= 11 is 0. The molecule has 3 nitrogen and oxygen atoms in total. The van der Waals surface area contributed by atoms with E-state index in [0.717, 1.165) is 6.07 Å². The monoisotopic (exact) mass is 294 g/mol. The molecule has 0 radical (unpaired) electrons. The second-order valence-corrected chi connectivity index (χ2v) is 4.65. The summed E-state index contributed by atoms with van der Waals surface area (Å²) in [5.74, 6) is -0.410. The number of aliphatic hydroxyl groups excluding tert-OH is 1. The normalized spacial score (nSPS) is 12.0. The van der Waals surface area contributed by atoms with Crippen LogP contribution in [-0.2, 0) is 6.61 Å². The van der Waals surface area contributed by atoms with Crippen LogP contribution < -0.4 is 9.47 Å². The van der Waals surface area contributed by atoms with Gasteiger partial charge in [0, 0.05) is 6.07 Å². The summed E-state index contributed by atoms with van der Waals surface area (Å²) in [6.07, 6.45) is -0.620. The van der Waals surface area contributed by atoms with E-state index in [1.54, 1.807) is 25.1 Å². The summed E-state index contributed by atoms with van der Waals surface area (Å²) in [5, 5.41) is 9.52. The number of benzene rings is 2. The van der Waals surface area contributed by atoms with Crippen molar-refractivity contribution in [2.24, 2.45) is 0 Å². The Kier molecular flexibility index (Phi) is 4.75. The predicted octanol–water partition coefficient (Wildman–Crippen LogP) is 3.61. The molecule has 0 aliphatic carbocycles. The van der Waals surface area contributed by atoms with Gasteiger partial charge < -0.3 is 14.6 Å². The van der Waals surface area contributed by atoms with Crippen molar-refractivity contribution in [3.05, 3.63) is 59.2 Å². The standard InChI is InChI=1S/C16H16F2O3/c1-10(19)12-3-4-15(16(7-12)20-2)21-9-11-5-13(17)8-14(18)6-11/h3-8,10,19H,9H2,1-2H3/t10-/m1/s1. The number of halogens is 2. The van der Waals surface area contributed by atoms with Crippen LogP contribution in [0.5, 0.6) is 11.5 Å². The molecule has 0 unspecified atom stereocenters. The maximum atomic E-state index is 13.1. The van der Waals surface area contributed by atoms with Crippen LogP contribution in [0.1, 0.15) is 24.2 Å². The zero-order chi connectivity index (χ0) is 15.4. The smallest absolute Gasteiger partial charge is 0.161 e. The lowest BCUT2D eigenvalue weighted by molar-refractivity contribution is 0.198. The van der Waals surface area contributed by atoms with E-state index in [4.69, 9.17) is 9.47 Å². The number of aliphatic hydroxyl groups is 1. The van der Waals surface area contributed by atoms with Gasteiger partial charge in [0.1, 0.15) is 18.2 Å². The van der Waals surface area contributed by atoms with Crippen LogP contribution in [0, 0.1) is 11.6 Å². The molecule has 2 rings (SSSR count). The van der Waals surface area contributed by atoms with Gasteiger partial charge in [-0.15, -0.1) is 0 Å². The summed E-state index contributed by atoms with van der Waals surface area (Å²) in [4.78, 5) is 0. The van der Waals surface area contributed by atoms with Crippen LogP contribution in [-0.4, -0.2) is 12.2 Å². The maximum absolute atomic E-state index is 13.1. The first-order chi connectivity index (χ1) is 9.99. The molecule has 0 heterocycles. The Balaban J connectivity index is 2.15. The Morgan fingerprint density at radius 3 is 2.29 bits per heavy atom. The molecule has 0 aliphatic heterocycles. The fraction of sp³-hybridized carbons (Fsp3) is 0.250. The molecule has 0 fully saturated rings. The van der Waals surface area contributed by atoms with Crippen LogP contribution >= 0.6 is 0 Å². The third kappa shape index (κ3) is 3.92. The lowest BCUT2D eigenvalue weighted by Gasteiger charge is -2.13. The summed E-state index contributed by atoms with van der Waals surface area (Å²) in [7, 11) is 1.48. The van der Waals surface area contributed by atoms with Crippen molar-refractivity contribution in [2.45, 2.75) is 19.6 Å². The Bertz CT molecular complexity index is 607. The quantitative estimate of drug-likeness (QED) is 0.915. The highest BCUT2D eigenvalue weighted by Gasteiger charge is 2.09. The number of hydrogen-bond donors (Lipinski definition) is 1. The van der Waals surface area contributed by atoms with Crippen molar-refractivity contribution in [3.8, 4) is 11.5 Å². The Hall–Kier alpha value is -2.14. The molecule has 5 heteroatoms. The van der Waals surface area contributed by atoms with Crippen LogP contribution in [0.4, 0.5) is 8.78 Å². The molecule has 1 atom stereocenters. The third-order valence-corrected chi connectivity index (χ3v) is 2.99. The zero-order valence-corrected chi connectivity index (χ0v) is 11.8. The fourth-order valence-corrected chi connectivity index (χ4v) is 1.92. The minimum atomic E-state index is -0.648. The molecule has 0 aliphatic rings.